The molecule has 0 aromatic carbocycles. The molecular weight excluding hydrogens is 258 g/mol. The maximum Gasteiger partial charge on any atom is 0.264 e. The second kappa shape index (κ2) is 5.07. The molecule has 108 valence electrons. The first-order valence-corrected chi connectivity index (χ1v) is 6.52. The summed E-state index contributed by atoms with van der Waals surface area (Å²) in [5.41, 5.74) is -0.0277. The second-order valence-electron chi connectivity index (χ2n) is 5.47. The molecule has 0 saturated carbocycles. The van der Waals surface area contributed by atoms with Crippen molar-refractivity contribution in [2.45, 2.75) is 39.3 Å². The molecule has 2 rings (SSSR count). The van der Waals surface area contributed by atoms with Crippen LogP contribution in [0, 0.1) is 0 Å². The molecule has 0 aliphatic heterocycles. The highest BCUT2D eigenvalue weighted by molar-refractivity contribution is 5.77. The van der Waals surface area contributed by atoms with Gasteiger partial charge in [-0.25, -0.2) is 4.98 Å². The van der Waals surface area contributed by atoms with Crippen LogP contribution in [0.3, 0.4) is 0 Å². The fourth-order valence-corrected chi connectivity index (χ4v) is 1.84. The third kappa shape index (κ3) is 2.71. The Balaban J connectivity index is 2.24. The molecule has 0 fully saturated rings. The number of aromatic nitrogens is 4. The molecule has 1 amide bonds. The molecule has 0 unspecified atom stereocenters. The zero-order valence-corrected chi connectivity index (χ0v) is 12.2. The average Bonchev–Trinajstić information content (AvgIpc) is 2.75. The van der Waals surface area contributed by atoms with Gasteiger partial charge in [0.25, 0.3) is 5.56 Å². The highest BCUT2D eigenvalue weighted by Crippen LogP contribution is 2.07. The summed E-state index contributed by atoms with van der Waals surface area (Å²) >= 11 is 0. The Kier molecular flexibility index (Phi) is 3.61. The molecular formula is C13H19N5O2. The number of carbonyl (C=O) groups is 1. The Morgan fingerprint density at radius 2 is 2.15 bits per heavy atom. The van der Waals surface area contributed by atoms with E-state index < -0.39 is 0 Å². The van der Waals surface area contributed by atoms with Gasteiger partial charge in [0.1, 0.15) is 18.3 Å². The lowest BCUT2D eigenvalue weighted by atomic mass is 10.0. The van der Waals surface area contributed by atoms with Crippen LogP contribution in [-0.4, -0.2) is 30.8 Å². The molecule has 2 aromatic heterocycles. The van der Waals surface area contributed by atoms with Crippen molar-refractivity contribution >= 4 is 16.9 Å². The molecule has 0 atom stereocenters. The number of fused-ring (bicyclic) bond motifs is 1. The van der Waals surface area contributed by atoms with Gasteiger partial charge in [0.2, 0.25) is 5.91 Å². The monoisotopic (exact) mass is 277 g/mol. The van der Waals surface area contributed by atoms with E-state index in [-0.39, 0.29) is 23.6 Å². The van der Waals surface area contributed by atoms with Crippen molar-refractivity contribution in [3.63, 3.8) is 0 Å². The lowest BCUT2D eigenvalue weighted by Crippen LogP contribution is -2.45. The Bertz CT molecular complexity index is 698. The summed E-state index contributed by atoms with van der Waals surface area (Å²) in [6.07, 6.45) is 3.66. The molecule has 2 aromatic rings. The summed E-state index contributed by atoms with van der Waals surface area (Å²) in [6.45, 7) is 5.84. The Labute approximate surface area is 116 Å². The largest absolute Gasteiger partial charge is 0.350 e. The van der Waals surface area contributed by atoms with Gasteiger partial charge in [0.05, 0.1) is 6.20 Å². The number of nitrogens with one attached hydrogen (secondary N) is 1. The number of amides is 1. The van der Waals surface area contributed by atoms with Gasteiger partial charge in [-0.3, -0.25) is 18.8 Å². The van der Waals surface area contributed by atoms with Gasteiger partial charge in [-0.15, -0.1) is 0 Å². The van der Waals surface area contributed by atoms with Crippen molar-refractivity contribution in [3.05, 3.63) is 22.9 Å². The smallest absolute Gasteiger partial charge is 0.264 e. The van der Waals surface area contributed by atoms with E-state index >= 15 is 0 Å². The van der Waals surface area contributed by atoms with E-state index in [1.807, 2.05) is 20.8 Å². The lowest BCUT2D eigenvalue weighted by molar-refractivity contribution is -0.123. The second-order valence-corrected chi connectivity index (χ2v) is 5.47. The van der Waals surface area contributed by atoms with Gasteiger partial charge in [-0.1, -0.05) is 6.92 Å². The number of hydrogen-bond acceptors (Lipinski definition) is 4. The molecule has 0 radical (unpaired) electrons. The van der Waals surface area contributed by atoms with Crippen molar-refractivity contribution in [1.29, 1.82) is 0 Å². The SMILES string of the molecule is CCC(C)(C)NC(=O)Cn1cnc2c(cnn2C)c1=O. The maximum absolute atomic E-state index is 12.2. The third-order valence-electron chi connectivity index (χ3n) is 3.39. The van der Waals surface area contributed by atoms with Gasteiger partial charge >= 0.3 is 0 Å². The van der Waals surface area contributed by atoms with Gasteiger partial charge in [-0.05, 0) is 20.3 Å². The molecule has 7 heteroatoms. The summed E-state index contributed by atoms with van der Waals surface area (Å²) < 4.78 is 2.83. The standard InChI is InChI=1S/C13H19N5O2/c1-5-13(2,3)16-10(19)7-18-8-14-11-9(12(18)20)6-15-17(11)4/h6,8H,5,7H2,1-4H3,(H,16,19). The summed E-state index contributed by atoms with van der Waals surface area (Å²) in [6, 6.07) is 0. The fraction of sp³-hybridized carbons (Fsp3) is 0.538. The highest BCUT2D eigenvalue weighted by atomic mass is 16.2. The van der Waals surface area contributed by atoms with Crippen LogP contribution in [0.4, 0.5) is 0 Å². The van der Waals surface area contributed by atoms with Crippen LogP contribution >= 0.6 is 0 Å². The Morgan fingerprint density at radius 1 is 1.45 bits per heavy atom. The summed E-state index contributed by atoms with van der Waals surface area (Å²) in [7, 11) is 1.72. The predicted octanol–water partition coefficient (Wildman–Crippen LogP) is 0.435. The van der Waals surface area contributed by atoms with Crippen LogP contribution in [0.5, 0.6) is 0 Å². The van der Waals surface area contributed by atoms with E-state index in [4.69, 9.17) is 0 Å². The van der Waals surface area contributed by atoms with Gasteiger partial charge in [-0.2, -0.15) is 5.10 Å². The molecule has 0 spiro atoms. The van der Waals surface area contributed by atoms with Crippen molar-refractivity contribution in [2.24, 2.45) is 7.05 Å². The fourth-order valence-electron chi connectivity index (χ4n) is 1.84. The summed E-state index contributed by atoms with van der Waals surface area (Å²) in [5, 5.41) is 7.29. The van der Waals surface area contributed by atoms with E-state index in [0.717, 1.165) is 6.42 Å². The van der Waals surface area contributed by atoms with Crippen LogP contribution in [0.15, 0.2) is 17.3 Å². The quantitative estimate of drug-likeness (QED) is 0.879. The minimum absolute atomic E-state index is 0.0416. The number of carbonyl (C=O) groups excluding carboxylic acids is 1. The molecule has 0 aliphatic rings. The number of rotatable bonds is 4. The highest BCUT2D eigenvalue weighted by Gasteiger charge is 2.18. The lowest BCUT2D eigenvalue weighted by Gasteiger charge is -2.24. The zero-order valence-electron chi connectivity index (χ0n) is 12.2. The predicted molar refractivity (Wildman–Crippen MR) is 75.3 cm³/mol. The third-order valence-corrected chi connectivity index (χ3v) is 3.39. The van der Waals surface area contributed by atoms with E-state index in [0.29, 0.717) is 11.0 Å². The minimum Gasteiger partial charge on any atom is -0.350 e. The maximum atomic E-state index is 12.2. The normalized spacial score (nSPS) is 11.8. The molecule has 0 saturated heterocycles. The average molecular weight is 277 g/mol. The van der Waals surface area contributed by atoms with Crippen molar-refractivity contribution in [1.82, 2.24) is 24.6 Å². The van der Waals surface area contributed by atoms with Crippen LogP contribution in [0.1, 0.15) is 27.2 Å². The molecule has 2 heterocycles. The zero-order chi connectivity index (χ0) is 14.9. The van der Waals surface area contributed by atoms with Crippen LogP contribution in [-0.2, 0) is 18.4 Å². The molecule has 0 aliphatic carbocycles. The van der Waals surface area contributed by atoms with Crippen molar-refractivity contribution in [2.75, 3.05) is 0 Å². The molecule has 0 bridgehead atoms. The van der Waals surface area contributed by atoms with Crippen LogP contribution in [0.2, 0.25) is 0 Å². The summed E-state index contributed by atoms with van der Waals surface area (Å²) in [5.74, 6) is -0.205. The van der Waals surface area contributed by atoms with Gasteiger partial charge in [0, 0.05) is 12.6 Å². The first-order valence-electron chi connectivity index (χ1n) is 6.52. The van der Waals surface area contributed by atoms with Gasteiger partial charge in [0.15, 0.2) is 5.65 Å². The number of hydrogen-bond donors (Lipinski definition) is 1. The van der Waals surface area contributed by atoms with E-state index in [1.165, 1.54) is 21.8 Å². The first kappa shape index (κ1) is 14.2. The van der Waals surface area contributed by atoms with E-state index in [2.05, 4.69) is 15.4 Å². The van der Waals surface area contributed by atoms with E-state index in [9.17, 15) is 9.59 Å². The molecule has 7 nitrogen and oxygen atoms in total. The number of nitrogens with zero attached hydrogens (tertiary/aromatic N) is 4. The number of aryl methyl sites for hydroxylation is 1. The minimum atomic E-state index is -0.285. The van der Waals surface area contributed by atoms with Crippen LogP contribution in [0.25, 0.3) is 11.0 Å². The molecule has 1 N–H and O–H groups in total. The first-order chi connectivity index (χ1) is 9.34. The van der Waals surface area contributed by atoms with E-state index in [1.54, 1.807) is 7.05 Å². The van der Waals surface area contributed by atoms with Crippen LogP contribution < -0.4 is 10.9 Å². The molecule has 20 heavy (non-hydrogen) atoms. The summed E-state index contributed by atoms with van der Waals surface area (Å²) in [4.78, 5) is 28.3. The van der Waals surface area contributed by atoms with Crippen molar-refractivity contribution < 1.29 is 4.79 Å². The Hall–Kier alpha value is -2.18. The van der Waals surface area contributed by atoms with Gasteiger partial charge < -0.3 is 5.32 Å². The van der Waals surface area contributed by atoms with Crippen molar-refractivity contribution in [3.8, 4) is 0 Å². The Morgan fingerprint density at radius 3 is 2.80 bits per heavy atom. The topological polar surface area (TPSA) is 81.8 Å².